The fourth-order valence-electron chi connectivity index (χ4n) is 8.09. The Kier molecular flexibility index (Phi) is 23.1. The molecule has 1 aliphatic rings. The predicted molar refractivity (Wildman–Crippen MR) is 272 cm³/mol. The monoisotopic (exact) mass is 1030 g/mol. The molecule has 1 unspecified atom stereocenters. The van der Waals surface area contributed by atoms with Crippen molar-refractivity contribution in [3.8, 4) is 0 Å². The van der Waals surface area contributed by atoms with E-state index in [1.54, 1.807) is 42.6 Å². The van der Waals surface area contributed by atoms with Gasteiger partial charge in [-0.25, -0.2) is 0 Å². The first kappa shape index (κ1) is 58.3. The number of aromatic nitrogens is 1. The standard InChI is InChI=1S/C48H70N16O10/c1-26(65)39-46(74)63-35(22-28-12-4-3-5-13-28)43(71)60-34(18-11-21-56-48(52)53)42(70)61-36(23-29-25-57-31-15-7-6-14-30(29)31)44(72)59-32(40(49)68)16-8-9-19-54-38(67)24-37(45(73)64-39)62-41(69)33(58-27(2)66)17-10-20-55-47(50)51/h3-7,12-15,25-26,32-37,39,57,65H,8-11,16-24H2,1-2H3,(H2,49,68)(H,54,67)(H,58,66)(H,59,72)(H,60,71)(H,61,70)(H,62,69)(H,63,74)(H,64,73)(H4,50,51,55)(H4,52,53,56)/t26-,32?,33+,34+,35-,36+,37+,39-/m1/s1. The summed E-state index contributed by atoms with van der Waals surface area (Å²) in [5, 5.41) is 52.6. The summed E-state index contributed by atoms with van der Waals surface area (Å²) in [4.78, 5) is 127. The molecule has 2 heterocycles. The molecule has 2 aromatic carbocycles. The van der Waals surface area contributed by atoms with Gasteiger partial charge in [-0.15, -0.1) is 0 Å². The molecular formula is C48H70N16O10. The Balaban J connectivity index is 1.75. The Bertz CT molecular complexity index is 2470. The molecule has 74 heavy (non-hydrogen) atoms. The van der Waals surface area contributed by atoms with Crippen molar-refractivity contribution >= 4 is 76.0 Å². The van der Waals surface area contributed by atoms with Crippen LogP contribution in [0.1, 0.15) is 76.3 Å². The number of benzene rings is 2. The van der Waals surface area contributed by atoms with Crippen LogP contribution < -0.4 is 70.4 Å². The zero-order valence-electron chi connectivity index (χ0n) is 41.4. The molecule has 3 aromatic rings. The average molecular weight is 1030 g/mol. The summed E-state index contributed by atoms with van der Waals surface area (Å²) in [5.41, 5.74) is 18.6. The summed E-state index contributed by atoms with van der Waals surface area (Å²) < 4.78 is 0. The third-order valence-electron chi connectivity index (χ3n) is 11.9. The van der Waals surface area contributed by atoms with E-state index >= 15 is 0 Å². The quantitative estimate of drug-likeness (QED) is 0.0354. The molecular weight excluding hydrogens is 961 g/mol. The number of para-hydroxylation sites is 1. The number of carbonyl (C=O) groups excluding carboxylic acids is 9. The minimum Gasteiger partial charge on any atom is -0.391 e. The second-order valence-electron chi connectivity index (χ2n) is 18.0. The molecule has 1 aliphatic heterocycles. The van der Waals surface area contributed by atoms with Gasteiger partial charge in [-0.05, 0) is 69.1 Å². The molecule has 0 aliphatic carbocycles. The molecule has 0 spiro atoms. The number of hydrogen-bond donors (Lipinski definition) is 17. The lowest BCUT2D eigenvalue weighted by Crippen LogP contribution is -2.62. The van der Waals surface area contributed by atoms with Crippen LogP contribution in [0.3, 0.4) is 0 Å². The number of nitrogens with one attached hydrogen (secondary N) is 13. The molecule has 0 bridgehead atoms. The summed E-state index contributed by atoms with van der Waals surface area (Å²) in [7, 11) is 0. The summed E-state index contributed by atoms with van der Waals surface area (Å²) >= 11 is 0. The largest absolute Gasteiger partial charge is 0.391 e. The van der Waals surface area contributed by atoms with Gasteiger partial charge >= 0.3 is 0 Å². The van der Waals surface area contributed by atoms with Crippen LogP contribution in [0, 0.1) is 10.8 Å². The Morgan fingerprint density at radius 2 is 1.35 bits per heavy atom. The Morgan fingerprint density at radius 3 is 2.01 bits per heavy atom. The molecule has 9 amide bonds. The van der Waals surface area contributed by atoms with Gasteiger partial charge in [0, 0.05) is 56.5 Å². The maximum absolute atomic E-state index is 14.5. The van der Waals surface area contributed by atoms with Gasteiger partial charge in [0.1, 0.15) is 42.3 Å². The molecule has 4 rings (SSSR count). The van der Waals surface area contributed by atoms with Crippen molar-refractivity contribution < 1.29 is 48.3 Å². The van der Waals surface area contributed by atoms with Crippen LogP contribution >= 0.6 is 0 Å². The molecule has 20 N–H and O–H groups in total. The molecule has 26 nitrogen and oxygen atoms in total. The number of guanidine groups is 2. The lowest BCUT2D eigenvalue weighted by molar-refractivity contribution is -0.137. The smallest absolute Gasteiger partial charge is 0.245 e. The molecule has 8 atom stereocenters. The van der Waals surface area contributed by atoms with E-state index < -0.39 is 108 Å². The minimum atomic E-state index is -1.81. The Labute approximate surface area is 427 Å². The number of primary amides is 1. The van der Waals surface area contributed by atoms with Gasteiger partial charge in [-0.1, -0.05) is 48.5 Å². The van der Waals surface area contributed by atoms with Crippen LogP contribution in [0.4, 0.5) is 0 Å². The summed E-state index contributed by atoms with van der Waals surface area (Å²) in [6, 6.07) is 5.50. The van der Waals surface area contributed by atoms with Crippen molar-refractivity contribution in [2.45, 2.75) is 126 Å². The SMILES string of the molecule is CC(=O)N[C@@H](CCCNC(=N)N)C(=O)N[C@H]1CC(=O)NCCCCC(C(N)=O)NC(=O)[C@H](Cc2c[nH]c3ccccc23)NC(=O)[C@H](CCCNC(=N)N)NC(=O)[C@@H](Cc2ccccc2)NC(=O)[C@@H]([C@@H](C)O)NC1=O. The fraction of sp³-hybridized carbons (Fsp3) is 0.479. The van der Waals surface area contributed by atoms with Crippen molar-refractivity contribution in [3.63, 3.8) is 0 Å². The summed E-state index contributed by atoms with van der Waals surface area (Å²) in [5.74, 6) is -8.44. The van der Waals surface area contributed by atoms with Crippen molar-refractivity contribution in [3.05, 3.63) is 71.9 Å². The van der Waals surface area contributed by atoms with Crippen LogP contribution in [-0.4, -0.2) is 143 Å². The zero-order valence-corrected chi connectivity index (χ0v) is 41.4. The highest BCUT2D eigenvalue weighted by atomic mass is 16.3. The fourth-order valence-corrected chi connectivity index (χ4v) is 8.09. The maximum atomic E-state index is 14.5. The van der Waals surface area contributed by atoms with Gasteiger partial charge in [-0.3, -0.25) is 54.0 Å². The van der Waals surface area contributed by atoms with Gasteiger partial charge in [-0.2, -0.15) is 0 Å². The first-order valence-electron chi connectivity index (χ1n) is 24.3. The second kappa shape index (κ2) is 29.3. The van der Waals surface area contributed by atoms with Gasteiger partial charge in [0.25, 0.3) is 0 Å². The van der Waals surface area contributed by atoms with Crippen LogP contribution in [0.25, 0.3) is 10.9 Å². The van der Waals surface area contributed by atoms with E-state index in [4.69, 9.17) is 28.0 Å². The number of hydrogen-bond acceptors (Lipinski definition) is 12. The number of aromatic amines is 1. The molecule has 1 fully saturated rings. The van der Waals surface area contributed by atoms with Crippen molar-refractivity contribution in [2.75, 3.05) is 19.6 Å². The Morgan fingerprint density at radius 1 is 0.743 bits per heavy atom. The molecule has 1 saturated heterocycles. The number of aliphatic hydroxyl groups excluding tert-OH is 1. The Hall–Kier alpha value is -8.29. The lowest BCUT2D eigenvalue weighted by atomic mass is 10.0. The van der Waals surface area contributed by atoms with Crippen LogP contribution in [-0.2, 0) is 56.0 Å². The van der Waals surface area contributed by atoms with Crippen molar-refractivity contribution in [1.29, 1.82) is 10.8 Å². The number of aliphatic hydroxyl groups is 1. The third-order valence-corrected chi connectivity index (χ3v) is 11.9. The van der Waals surface area contributed by atoms with E-state index in [-0.39, 0.29) is 89.3 Å². The van der Waals surface area contributed by atoms with Gasteiger partial charge in [0.15, 0.2) is 11.9 Å². The predicted octanol–water partition coefficient (Wildman–Crippen LogP) is -3.55. The van der Waals surface area contributed by atoms with E-state index in [2.05, 4.69) is 58.2 Å². The molecule has 0 saturated carbocycles. The van der Waals surface area contributed by atoms with Crippen molar-refractivity contribution in [1.82, 2.24) is 58.2 Å². The molecule has 1 aromatic heterocycles. The first-order valence-corrected chi connectivity index (χ1v) is 24.3. The average Bonchev–Trinajstić information content (AvgIpc) is 3.75. The number of fused-ring (bicyclic) bond motifs is 1. The van der Waals surface area contributed by atoms with E-state index in [9.17, 15) is 48.3 Å². The lowest BCUT2D eigenvalue weighted by Gasteiger charge is -2.28. The van der Waals surface area contributed by atoms with Crippen LogP contribution in [0.5, 0.6) is 0 Å². The molecule has 402 valence electrons. The molecule has 0 radical (unpaired) electrons. The number of nitrogens with two attached hydrogens (primary N) is 3. The number of amides is 9. The highest BCUT2D eigenvalue weighted by Crippen LogP contribution is 2.20. The summed E-state index contributed by atoms with van der Waals surface area (Å²) in [6.07, 6.45) is -0.158. The number of H-pyrrole nitrogens is 1. The van der Waals surface area contributed by atoms with Gasteiger partial charge < -0.3 is 80.5 Å². The topological polar surface area (TPSA) is 436 Å². The van der Waals surface area contributed by atoms with Crippen molar-refractivity contribution in [2.24, 2.45) is 17.2 Å². The van der Waals surface area contributed by atoms with E-state index in [0.29, 0.717) is 11.1 Å². The summed E-state index contributed by atoms with van der Waals surface area (Å²) in [6.45, 7) is 2.60. The van der Waals surface area contributed by atoms with Crippen LogP contribution in [0.2, 0.25) is 0 Å². The van der Waals surface area contributed by atoms with E-state index in [1.165, 1.54) is 13.8 Å². The van der Waals surface area contributed by atoms with Gasteiger partial charge in [0.2, 0.25) is 53.2 Å². The van der Waals surface area contributed by atoms with E-state index in [1.807, 2.05) is 18.2 Å². The number of rotatable bonds is 17. The second-order valence-corrected chi connectivity index (χ2v) is 18.0. The van der Waals surface area contributed by atoms with Gasteiger partial charge in [0.05, 0.1) is 12.5 Å². The third kappa shape index (κ3) is 19.4. The number of carbonyl (C=O) groups is 9. The zero-order chi connectivity index (χ0) is 54.3. The maximum Gasteiger partial charge on any atom is 0.245 e. The first-order chi connectivity index (χ1) is 35.2. The highest BCUT2D eigenvalue weighted by Gasteiger charge is 2.36. The normalized spacial score (nSPS) is 21.7. The highest BCUT2D eigenvalue weighted by molar-refractivity contribution is 5.99. The van der Waals surface area contributed by atoms with Crippen LogP contribution in [0.15, 0.2) is 60.8 Å². The molecule has 26 heteroatoms. The minimum absolute atomic E-state index is 0.00462. The van der Waals surface area contributed by atoms with E-state index in [0.717, 1.165) is 10.9 Å².